The third kappa shape index (κ3) is 4.06. The molecule has 2 heteroatoms. The van der Waals surface area contributed by atoms with Crippen LogP contribution in [0.5, 0.6) is 0 Å². The van der Waals surface area contributed by atoms with E-state index >= 15 is 0 Å². The number of hydrogen-bond donors (Lipinski definition) is 0. The van der Waals surface area contributed by atoms with Crippen LogP contribution in [0.25, 0.3) is 17.2 Å². The van der Waals surface area contributed by atoms with Crippen LogP contribution >= 0.6 is 0 Å². The van der Waals surface area contributed by atoms with Crippen LogP contribution in [-0.4, -0.2) is 8.07 Å². The van der Waals surface area contributed by atoms with Gasteiger partial charge in [0.1, 0.15) is 0 Å². The molecule has 0 saturated heterocycles. The Labute approximate surface area is 209 Å². The fourth-order valence-electron chi connectivity index (χ4n) is 7.94. The summed E-state index contributed by atoms with van der Waals surface area (Å²) in [7, 11) is -1.24. The fourth-order valence-corrected chi connectivity index (χ4v) is 9.11. The molecular weight excluding hydrogens is 468 g/mol. The van der Waals surface area contributed by atoms with E-state index in [0.717, 1.165) is 17.8 Å². The van der Waals surface area contributed by atoms with Gasteiger partial charge in [0, 0.05) is 26.2 Å². The molecule has 2 aromatic carbocycles. The Bertz CT molecular complexity index is 973. The summed E-state index contributed by atoms with van der Waals surface area (Å²) in [5.74, 6) is 3.17. The van der Waals surface area contributed by atoms with E-state index in [-0.39, 0.29) is 26.2 Å². The van der Waals surface area contributed by atoms with E-state index in [1.165, 1.54) is 48.8 Å². The summed E-state index contributed by atoms with van der Waals surface area (Å²) in [6.07, 6.45) is 14.4. The van der Waals surface area contributed by atoms with Gasteiger partial charge in [-0.15, -0.1) is 0 Å². The Morgan fingerprint density at radius 2 is 1.45 bits per heavy atom. The molecule has 0 spiro atoms. The van der Waals surface area contributed by atoms with Crippen molar-refractivity contribution in [1.29, 1.82) is 0 Å². The molecule has 4 saturated carbocycles. The van der Waals surface area contributed by atoms with Crippen LogP contribution in [0.4, 0.5) is 0 Å². The van der Waals surface area contributed by atoms with Crippen LogP contribution in [0.2, 0.25) is 19.6 Å². The van der Waals surface area contributed by atoms with Crippen LogP contribution in [0.1, 0.15) is 56.1 Å². The topological polar surface area (TPSA) is 0 Å². The maximum Gasteiger partial charge on any atom is 0.0775 e. The van der Waals surface area contributed by atoms with E-state index in [0.29, 0.717) is 5.41 Å². The second kappa shape index (κ2) is 7.95. The second-order valence-electron chi connectivity index (χ2n) is 12.3. The quantitative estimate of drug-likeness (QED) is 0.380. The van der Waals surface area contributed by atoms with Crippen LogP contribution in [0.3, 0.4) is 0 Å². The molecule has 4 bridgehead atoms. The van der Waals surface area contributed by atoms with Gasteiger partial charge in [0.2, 0.25) is 0 Å². The molecule has 0 atom stereocenters. The Balaban J connectivity index is 0.00000204. The monoisotopic (exact) mass is 502 g/mol. The molecule has 0 nitrogen and oxygen atoms in total. The van der Waals surface area contributed by atoms with Gasteiger partial charge in [0.25, 0.3) is 0 Å². The molecule has 5 aliphatic carbocycles. The first-order chi connectivity index (χ1) is 14.4. The number of rotatable bonds is 4. The summed E-state index contributed by atoms with van der Waals surface area (Å²) < 4.78 is 0. The minimum Gasteiger partial charge on any atom is -0.0656 e. The molecule has 2 aromatic rings. The first-order valence-corrected chi connectivity index (χ1v) is 15.8. The zero-order chi connectivity index (χ0) is 20.5. The fraction of sp³-hybridized carbons (Fsp3) is 0.517. The molecule has 0 aromatic heterocycles. The molecule has 0 heterocycles. The zero-order valence-corrected chi connectivity index (χ0v) is 23.0. The molecule has 0 unspecified atom stereocenters. The molecule has 0 aliphatic heterocycles. The molecular formula is C29H36SiZr. The standard InChI is InChI=1S/C29H36Si.Zr/c1-30(2,3)26-9-7-24(8-10-26)27-6-4-5-25-14-23(15-28(25)27)19-29-16-20-11-21(17-29)13-22(12-20)18-29;/h4-10,15,20-22H,11-14,16-19H2,1-3H3;. The largest absolute Gasteiger partial charge is 0.0775 e. The summed E-state index contributed by atoms with van der Waals surface area (Å²) in [4.78, 5) is 0. The van der Waals surface area contributed by atoms with Gasteiger partial charge in [-0.05, 0) is 96.8 Å². The van der Waals surface area contributed by atoms with Gasteiger partial charge < -0.3 is 0 Å². The summed E-state index contributed by atoms with van der Waals surface area (Å²) in [6.45, 7) is 7.30. The normalized spacial score (nSPS) is 30.7. The van der Waals surface area contributed by atoms with E-state index in [1.807, 2.05) is 0 Å². The SMILES string of the molecule is C[Si](C)(C)c1ccc(-c2cccc3c2C=C(CC24CC5CC(CC(C5)C2)C4)C3)cc1.[Zr]. The van der Waals surface area contributed by atoms with Crippen LogP contribution in [0.15, 0.2) is 48.0 Å². The van der Waals surface area contributed by atoms with Gasteiger partial charge in [-0.25, -0.2) is 0 Å². The zero-order valence-electron chi connectivity index (χ0n) is 19.5. The Hall–Kier alpha value is -0.720. The van der Waals surface area contributed by atoms with E-state index in [9.17, 15) is 0 Å². The third-order valence-corrected chi connectivity index (χ3v) is 10.9. The molecule has 5 aliphatic rings. The maximum absolute atomic E-state index is 2.59. The van der Waals surface area contributed by atoms with Gasteiger partial charge in [-0.2, -0.15) is 0 Å². The Morgan fingerprint density at radius 1 is 0.839 bits per heavy atom. The van der Waals surface area contributed by atoms with E-state index in [1.54, 1.807) is 35.6 Å². The molecule has 0 N–H and O–H groups in total. The van der Waals surface area contributed by atoms with Crippen LogP contribution in [-0.2, 0) is 32.6 Å². The van der Waals surface area contributed by atoms with Crippen molar-refractivity contribution in [2.45, 2.75) is 71.0 Å². The minimum absolute atomic E-state index is 0. The van der Waals surface area contributed by atoms with Gasteiger partial charge in [0.15, 0.2) is 0 Å². The van der Waals surface area contributed by atoms with Crippen LogP contribution < -0.4 is 5.19 Å². The number of benzene rings is 2. The second-order valence-corrected chi connectivity index (χ2v) is 17.4. The average Bonchev–Trinajstić information content (AvgIpc) is 3.08. The average molecular weight is 504 g/mol. The van der Waals surface area contributed by atoms with Crippen LogP contribution in [0, 0.1) is 23.2 Å². The van der Waals surface area contributed by atoms with Crippen molar-refractivity contribution in [3.05, 3.63) is 59.2 Å². The number of allylic oxidation sites excluding steroid dienone is 1. The van der Waals surface area contributed by atoms with E-state index < -0.39 is 8.07 Å². The van der Waals surface area contributed by atoms with Crippen molar-refractivity contribution in [2.24, 2.45) is 23.2 Å². The smallest absolute Gasteiger partial charge is 0.0656 e. The first-order valence-electron chi connectivity index (χ1n) is 12.3. The van der Waals surface area contributed by atoms with Gasteiger partial charge in [-0.3, -0.25) is 0 Å². The third-order valence-electron chi connectivity index (χ3n) is 8.79. The summed E-state index contributed by atoms with van der Waals surface area (Å²) in [5, 5.41) is 1.55. The van der Waals surface area contributed by atoms with Gasteiger partial charge >= 0.3 is 0 Å². The molecule has 0 radical (unpaired) electrons. The molecule has 31 heavy (non-hydrogen) atoms. The Morgan fingerprint density at radius 3 is 2.03 bits per heavy atom. The van der Waals surface area contributed by atoms with Crippen molar-refractivity contribution in [3.63, 3.8) is 0 Å². The van der Waals surface area contributed by atoms with Crippen molar-refractivity contribution in [3.8, 4) is 11.1 Å². The van der Waals surface area contributed by atoms with Crippen molar-refractivity contribution < 1.29 is 26.2 Å². The van der Waals surface area contributed by atoms with Gasteiger partial charge in [0.05, 0.1) is 8.07 Å². The van der Waals surface area contributed by atoms with Crippen molar-refractivity contribution in [2.75, 3.05) is 0 Å². The Kier molecular flexibility index (Phi) is 5.66. The predicted octanol–water partition coefficient (Wildman–Crippen LogP) is 7.44. The molecule has 4 fully saturated rings. The summed E-state index contributed by atoms with van der Waals surface area (Å²) >= 11 is 0. The van der Waals surface area contributed by atoms with Gasteiger partial charge in [-0.1, -0.05) is 78.9 Å². The van der Waals surface area contributed by atoms with Crippen molar-refractivity contribution >= 4 is 19.3 Å². The van der Waals surface area contributed by atoms with E-state index in [4.69, 9.17) is 0 Å². The van der Waals surface area contributed by atoms with E-state index in [2.05, 4.69) is 68.2 Å². The molecule has 160 valence electrons. The maximum atomic E-state index is 2.59. The summed E-state index contributed by atoms with van der Waals surface area (Å²) in [6, 6.07) is 16.5. The summed E-state index contributed by atoms with van der Waals surface area (Å²) in [5.41, 5.74) is 8.27. The predicted molar refractivity (Wildman–Crippen MR) is 132 cm³/mol. The first kappa shape index (κ1) is 22.1. The minimum atomic E-state index is -1.24. The molecule has 0 amide bonds. The van der Waals surface area contributed by atoms with Crippen molar-refractivity contribution in [1.82, 2.24) is 0 Å². The number of hydrogen-bond acceptors (Lipinski definition) is 0. The molecule has 7 rings (SSSR count). The number of fused-ring (bicyclic) bond motifs is 1.